The van der Waals surface area contributed by atoms with Gasteiger partial charge in [0.15, 0.2) is 0 Å². The summed E-state index contributed by atoms with van der Waals surface area (Å²) in [4.78, 5) is 18.8. The molecular weight excluding hydrogens is 300 g/mol. The van der Waals surface area contributed by atoms with E-state index in [0.29, 0.717) is 6.04 Å². The topological polar surface area (TPSA) is 49.6 Å². The van der Waals surface area contributed by atoms with Crippen LogP contribution in [0.15, 0.2) is 61.2 Å². The van der Waals surface area contributed by atoms with Crippen LogP contribution in [0.2, 0.25) is 0 Å². The lowest BCUT2D eigenvalue weighted by Crippen LogP contribution is -2.42. The minimum Gasteiger partial charge on any atom is -0.382 e. The van der Waals surface area contributed by atoms with E-state index in [9.17, 15) is 4.79 Å². The highest BCUT2D eigenvalue weighted by molar-refractivity contribution is 6.01. The maximum absolute atomic E-state index is 12.8. The first-order chi connectivity index (χ1) is 11.8. The lowest BCUT2D eigenvalue weighted by atomic mass is 10.0. The van der Waals surface area contributed by atoms with Gasteiger partial charge in [-0.3, -0.25) is 9.78 Å². The summed E-state index contributed by atoms with van der Waals surface area (Å²) in [5.41, 5.74) is 2.85. The smallest absolute Gasteiger partial charge is 0.256 e. The van der Waals surface area contributed by atoms with Gasteiger partial charge in [0.25, 0.3) is 5.91 Å². The highest BCUT2D eigenvalue weighted by Crippen LogP contribution is 2.20. The lowest BCUT2D eigenvalue weighted by Gasteiger charge is -2.32. The summed E-state index contributed by atoms with van der Waals surface area (Å²) in [6, 6.07) is 12.2. The summed E-state index contributed by atoms with van der Waals surface area (Å²) < 4.78 is 1.99. The molecule has 0 saturated carbocycles. The van der Waals surface area contributed by atoms with E-state index >= 15 is 0 Å². The fourth-order valence-electron chi connectivity index (χ4n) is 3.32. The van der Waals surface area contributed by atoms with Crippen LogP contribution in [0.3, 0.4) is 0 Å². The highest BCUT2D eigenvalue weighted by atomic mass is 16.2. The van der Waals surface area contributed by atoms with E-state index in [0.717, 1.165) is 42.7 Å². The standard InChI is InChI=1S/C19H20N4O/c24-19(17-8-14-22-11-2-1-3-18(17)22)23-12-6-16(7-13-23)21-15-4-9-20-10-5-15/h1-5,8-11,14,16H,6-7,12-13H2,(H,20,21). The third-order valence-corrected chi connectivity index (χ3v) is 4.63. The molecule has 24 heavy (non-hydrogen) atoms. The quantitative estimate of drug-likeness (QED) is 0.807. The number of nitrogens with one attached hydrogen (secondary N) is 1. The summed E-state index contributed by atoms with van der Waals surface area (Å²) >= 11 is 0. The molecule has 0 unspecified atom stereocenters. The lowest BCUT2D eigenvalue weighted by molar-refractivity contribution is 0.0720. The largest absolute Gasteiger partial charge is 0.382 e. The van der Waals surface area contributed by atoms with Crippen LogP contribution in [0.5, 0.6) is 0 Å². The van der Waals surface area contributed by atoms with Gasteiger partial charge < -0.3 is 14.6 Å². The molecule has 5 nitrogen and oxygen atoms in total. The van der Waals surface area contributed by atoms with Gasteiger partial charge in [-0.05, 0) is 43.2 Å². The maximum atomic E-state index is 12.8. The number of amides is 1. The number of likely N-dealkylation sites (tertiary alicyclic amines) is 1. The normalized spacial score (nSPS) is 15.6. The first-order valence-electron chi connectivity index (χ1n) is 8.33. The van der Waals surface area contributed by atoms with E-state index in [1.54, 1.807) is 12.4 Å². The molecule has 1 N–H and O–H groups in total. The van der Waals surface area contributed by atoms with Gasteiger partial charge in [0, 0.05) is 49.6 Å². The van der Waals surface area contributed by atoms with Gasteiger partial charge in [0.2, 0.25) is 0 Å². The van der Waals surface area contributed by atoms with Gasteiger partial charge in [0.1, 0.15) is 0 Å². The number of anilines is 1. The zero-order chi connectivity index (χ0) is 16.4. The third-order valence-electron chi connectivity index (χ3n) is 4.63. The molecule has 1 aliphatic heterocycles. The van der Waals surface area contributed by atoms with Crippen LogP contribution < -0.4 is 5.32 Å². The van der Waals surface area contributed by atoms with Crippen molar-refractivity contribution in [2.75, 3.05) is 18.4 Å². The third kappa shape index (κ3) is 2.85. The number of nitrogens with zero attached hydrogens (tertiary/aromatic N) is 3. The van der Waals surface area contributed by atoms with Crippen molar-refractivity contribution < 1.29 is 4.79 Å². The van der Waals surface area contributed by atoms with Crippen LogP contribution in [-0.2, 0) is 0 Å². The van der Waals surface area contributed by atoms with E-state index in [-0.39, 0.29) is 5.91 Å². The molecule has 4 heterocycles. The number of piperidine rings is 1. The second-order valence-corrected chi connectivity index (χ2v) is 6.17. The number of pyridine rings is 2. The van der Waals surface area contributed by atoms with Crippen LogP contribution in [0.1, 0.15) is 23.2 Å². The number of rotatable bonds is 3. The summed E-state index contributed by atoms with van der Waals surface area (Å²) in [5, 5.41) is 3.52. The van der Waals surface area contributed by atoms with E-state index in [1.165, 1.54) is 0 Å². The number of carbonyl (C=O) groups is 1. The fraction of sp³-hybridized carbons (Fsp3) is 0.263. The molecular formula is C19H20N4O. The monoisotopic (exact) mass is 320 g/mol. The number of hydrogen-bond donors (Lipinski definition) is 1. The number of hydrogen-bond acceptors (Lipinski definition) is 3. The Morgan fingerprint density at radius 3 is 2.62 bits per heavy atom. The summed E-state index contributed by atoms with van der Waals surface area (Å²) in [5.74, 6) is 0.131. The van der Waals surface area contributed by atoms with Crippen molar-refractivity contribution in [2.45, 2.75) is 18.9 Å². The Balaban J connectivity index is 1.41. The molecule has 1 amide bonds. The zero-order valence-electron chi connectivity index (χ0n) is 13.4. The number of aromatic nitrogens is 2. The van der Waals surface area contributed by atoms with Gasteiger partial charge in [-0.15, -0.1) is 0 Å². The predicted octanol–water partition coefficient (Wildman–Crippen LogP) is 3.05. The molecule has 0 radical (unpaired) electrons. The second-order valence-electron chi connectivity index (χ2n) is 6.17. The Labute approximate surface area is 140 Å². The Bertz CT molecular complexity index is 835. The van der Waals surface area contributed by atoms with Gasteiger partial charge in [0.05, 0.1) is 11.1 Å². The summed E-state index contributed by atoms with van der Waals surface area (Å²) in [6.07, 6.45) is 9.41. The van der Waals surface area contributed by atoms with Crippen LogP contribution >= 0.6 is 0 Å². The Kier molecular flexibility index (Phi) is 3.91. The molecule has 3 aromatic heterocycles. The molecule has 3 aromatic rings. The first kappa shape index (κ1) is 14.8. The van der Waals surface area contributed by atoms with Gasteiger partial charge in [-0.25, -0.2) is 0 Å². The van der Waals surface area contributed by atoms with Crippen molar-refractivity contribution in [1.29, 1.82) is 0 Å². The van der Waals surface area contributed by atoms with Gasteiger partial charge in [-0.1, -0.05) is 6.07 Å². The fourth-order valence-corrected chi connectivity index (χ4v) is 3.32. The van der Waals surface area contributed by atoms with Crippen LogP contribution in [0.25, 0.3) is 5.52 Å². The Morgan fingerprint density at radius 1 is 1.04 bits per heavy atom. The van der Waals surface area contributed by atoms with Crippen LogP contribution in [0, 0.1) is 0 Å². The molecule has 0 atom stereocenters. The average molecular weight is 320 g/mol. The predicted molar refractivity (Wildman–Crippen MR) is 94.2 cm³/mol. The van der Waals surface area contributed by atoms with Crippen molar-refractivity contribution in [2.24, 2.45) is 0 Å². The van der Waals surface area contributed by atoms with Crippen LogP contribution in [0.4, 0.5) is 5.69 Å². The molecule has 5 heteroatoms. The molecule has 4 rings (SSSR count). The van der Waals surface area contributed by atoms with E-state index in [4.69, 9.17) is 0 Å². The molecule has 0 spiro atoms. The summed E-state index contributed by atoms with van der Waals surface area (Å²) in [7, 11) is 0. The van der Waals surface area contributed by atoms with Crippen molar-refractivity contribution in [3.05, 3.63) is 66.7 Å². The highest BCUT2D eigenvalue weighted by Gasteiger charge is 2.24. The van der Waals surface area contributed by atoms with E-state index < -0.39 is 0 Å². The molecule has 1 aliphatic rings. The maximum Gasteiger partial charge on any atom is 0.256 e. The molecule has 0 aliphatic carbocycles. The van der Waals surface area contributed by atoms with Crippen molar-refractivity contribution in [3.8, 4) is 0 Å². The minimum atomic E-state index is 0.131. The average Bonchev–Trinajstić information content (AvgIpc) is 3.07. The Morgan fingerprint density at radius 2 is 1.83 bits per heavy atom. The zero-order valence-corrected chi connectivity index (χ0v) is 13.4. The molecule has 1 fully saturated rings. The molecule has 0 bridgehead atoms. The van der Waals surface area contributed by atoms with Crippen molar-refractivity contribution in [3.63, 3.8) is 0 Å². The number of carbonyl (C=O) groups excluding carboxylic acids is 1. The van der Waals surface area contributed by atoms with Crippen LogP contribution in [-0.4, -0.2) is 39.3 Å². The minimum absolute atomic E-state index is 0.131. The number of fused-ring (bicyclic) bond motifs is 1. The SMILES string of the molecule is O=C(c1ccn2ccccc12)N1CCC(Nc2ccncc2)CC1. The van der Waals surface area contributed by atoms with E-state index in [1.807, 2.05) is 58.1 Å². The van der Waals surface area contributed by atoms with E-state index in [2.05, 4.69) is 10.3 Å². The summed E-state index contributed by atoms with van der Waals surface area (Å²) in [6.45, 7) is 1.57. The van der Waals surface area contributed by atoms with Crippen molar-refractivity contribution >= 4 is 17.1 Å². The van der Waals surface area contributed by atoms with Gasteiger partial charge in [-0.2, -0.15) is 0 Å². The second kappa shape index (κ2) is 6.35. The molecule has 122 valence electrons. The first-order valence-corrected chi connectivity index (χ1v) is 8.33. The van der Waals surface area contributed by atoms with Crippen molar-refractivity contribution in [1.82, 2.24) is 14.3 Å². The molecule has 1 saturated heterocycles. The van der Waals surface area contributed by atoms with Gasteiger partial charge >= 0.3 is 0 Å². The molecule has 0 aromatic carbocycles. The Hall–Kier alpha value is -2.82.